The molecule has 0 aromatic carbocycles. The van der Waals surface area contributed by atoms with E-state index in [1.54, 1.807) is 0 Å². The first kappa shape index (κ1) is 5.69. The van der Waals surface area contributed by atoms with Gasteiger partial charge in [-0.05, 0) is 7.05 Å². The van der Waals surface area contributed by atoms with Gasteiger partial charge in [0.15, 0.2) is 0 Å². The number of methoxy groups -OCH3 is 1. The molecular formula is C7H13NO. The average Bonchev–Trinajstić information content (AvgIpc) is 2.30. The summed E-state index contributed by atoms with van der Waals surface area (Å²) in [5.74, 6) is 1.75. The first-order valence-corrected chi connectivity index (χ1v) is 3.54. The van der Waals surface area contributed by atoms with Crippen molar-refractivity contribution in [2.75, 3.05) is 27.2 Å². The Balaban J connectivity index is 1.91. The van der Waals surface area contributed by atoms with Gasteiger partial charge in [-0.3, -0.25) is 0 Å². The maximum atomic E-state index is 5.25. The summed E-state index contributed by atoms with van der Waals surface area (Å²) in [5.41, 5.74) is 0. The van der Waals surface area contributed by atoms with Crippen molar-refractivity contribution in [2.45, 2.75) is 6.10 Å². The molecule has 0 N–H and O–H groups in total. The fourth-order valence-corrected chi connectivity index (χ4v) is 2.03. The zero-order valence-corrected chi connectivity index (χ0v) is 6.00. The third kappa shape index (κ3) is 0.700. The van der Waals surface area contributed by atoms with Crippen LogP contribution in [0.4, 0.5) is 0 Å². The minimum atomic E-state index is 0.612. The standard InChI is InChI=1S/C7H13NO/c1-8-3-5-6(4-8)7(5)9-2/h5-7H,3-4H2,1-2H3. The molecule has 0 aromatic heterocycles. The summed E-state index contributed by atoms with van der Waals surface area (Å²) >= 11 is 0. The second-order valence-corrected chi connectivity index (χ2v) is 3.25. The van der Waals surface area contributed by atoms with Gasteiger partial charge in [0, 0.05) is 32.0 Å². The lowest BCUT2D eigenvalue weighted by atomic mass is 10.4. The maximum absolute atomic E-state index is 5.25. The molecule has 0 aromatic rings. The van der Waals surface area contributed by atoms with Crippen molar-refractivity contribution in [1.82, 2.24) is 4.90 Å². The Morgan fingerprint density at radius 3 is 2.33 bits per heavy atom. The van der Waals surface area contributed by atoms with Crippen molar-refractivity contribution in [3.8, 4) is 0 Å². The van der Waals surface area contributed by atoms with Gasteiger partial charge in [-0.1, -0.05) is 0 Å². The van der Waals surface area contributed by atoms with E-state index in [-0.39, 0.29) is 0 Å². The second-order valence-electron chi connectivity index (χ2n) is 3.25. The van der Waals surface area contributed by atoms with Crippen molar-refractivity contribution in [3.63, 3.8) is 0 Å². The van der Waals surface area contributed by atoms with Gasteiger partial charge in [-0.15, -0.1) is 0 Å². The zero-order chi connectivity index (χ0) is 6.43. The predicted octanol–water partition coefficient (Wildman–Crippen LogP) is 0.193. The van der Waals surface area contributed by atoms with E-state index < -0.39 is 0 Å². The van der Waals surface area contributed by atoms with E-state index in [0.717, 1.165) is 11.8 Å². The van der Waals surface area contributed by atoms with E-state index >= 15 is 0 Å². The Kier molecular flexibility index (Phi) is 1.08. The van der Waals surface area contributed by atoms with E-state index in [4.69, 9.17) is 4.74 Å². The van der Waals surface area contributed by atoms with Gasteiger partial charge in [-0.2, -0.15) is 0 Å². The van der Waals surface area contributed by atoms with E-state index in [0.29, 0.717) is 6.10 Å². The van der Waals surface area contributed by atoms with Crippen LogP contribution in [0, 0.1) is 11.8 Å². The quantitative estimate of drug-likeness (QED) is 0.498. The molecule has 2 nitrogen and oxygen atoms in total. The van der Waals surface area contributed by atoms with Crippen LogP contribution in [0.15, 0.2) is 0 Å². The Bertz CT molecular complexity index is 114. The molecule has 2 fully saturated rings. The number of rotatable bonds is 1. The number of ether oxygens (including phenoxy) is 1. The van der Waals surface area contributed by atoms with Crippen LogP contribution in [0.2, 0.25) is 0 Å². The second kappa shape index (κ2) is 1.70. The van der Waals surface area contributed by atoms with Crippen LogP contribution in [0.1, 0.15) is 0 Å². The smallest absolute Gasteiger partial charge is 0.0660 e. The number of hydrogen-bond acceptors (Lipinski definition) is 2. The minimum Gasteiger partial charge on any atom is -0.381 e. The molecule has 1 aliphatic heterocycles. The Hall–Kier alpha value is -0.0800. The first-order chi connectivity index (χ1) is 4.33. The van der Waals surface area contributed by atoms with Gasteiger partial charge in [0.2, 0.25) is 0 Å². The molecular weight excluding hydrogens is 114 g/mol. The number of likely N-dealkylation sites (tertiary alicyclic amines) is 1. The third-order valence-corrected chi connectivity index (χ3v) is 2.57. The highest BCUT2D eigenvalue weighted by molar-refractivity contribution is 5.05. The van der Waals surface area contributed by atoms with Gasteiger partial charge in [0.1, 0.15) is 0 Å². The highest BCUT2D eigenvalue weighted by atomic mass is 16.5. The lowest BCUT2D eigenvalue weighted by Crippen LogP contribution is -2.21. The van der Waals surface area contributed by atoms with Gasteiger partial charge in [0.25, 0.3) is 0 Å². The molecule has 2 unspecified atom stereocenters. The minimum absolute atomic E-state index is 0.612. The average molecular weight is 127 g/mol. The monoisotopic (exact) mass is 127 g/mol. The van der Waals surface area contributed by atoms with Gasteiger partial charge in [-0.25, -0.2) is 0 Å². The Morgan fingerprint density at radius 2 is 1.89 bits per heavy atom. The van der Waals surface area contributed by atoms with Crippen LogP contribution in [-0.2, 0) is 4.74 Å². The van der Waals surface area contributed by atoms with Gasteiger partial charge in [0.05, 0.1) is 6.10 Å². The molecule has 9 heavy (non-hydrogen) atoms. The molecule has 0 amide bonds. The summed E-state index contributed by atoms with van der Waals surface area (Å²) < 4.78 is 5.25. The molecule has 1 saturated carbocycles. The highest BCUT2D eigenvalue weighted by Crippen LogP contribution is 2.46. The fourth-order valence-electron chi connectivity index (χ4n) is 2.03. The lowest BCUT2D eigenvalue weighted by Gasteiger charge is -2.11. The number of nitrogens with zero attached hydrogens (tertiary/aromatic N) is 1. The molecule has 2 rings (SSSR count). The highest BCUT2D eigenvalue weighted by Gasteiger charge is 2.55. The van der Waals surface area contributed by atoms with Crippen molar-refractivity contribution < 1.29 is 4.74 Å². The van der Waals surface area contributed by atoms with E-state index in [1.165, 1.54) is 13.1 Å². The zero-order valence-electron chi connectivity index (χ0n) is 6.00. The van der Waals surface area contributed by atoms with Gasteiger partial charge < -0.3 is 9.64 Å². The number of hydrogen-bond donors (Lipinski definition) is 0. The van der Waals surface area contributed by atoms with Crippen LogP contribution in [0.5, 0.6) is 0 Å². The Labute approximate surface area is 55.8 Å². The summed E-state index contributed by atoms with van der Waals surface area (Å²) in [6, 6.07) is 0. The first-order valence-electron chi connectivity index (χ1n) is 3.54. The van der Waals surface area contributed by atoms with Crippen molar-refractivity contribution in [1.29, 1.82) is 0 Å². The van der Waals surface area contributed by atoms with Crippen molar-refractivity contribution in [2.24, 2.45) is 11.8 Å². The van der Waals surface area contributed by atoms with Crippen molar-refractivity contribution in [3.05, 3.63) is 0 Å². The molecule has 52 valence electrons. The topological polar surface area (TPSA) is 12.5 Å². The van der Waals surface area contributed by atoms with E-state index in [2.05, 4.69) is 11.9 Å². The molecule has 0 spiro atoms. The molecule has 2 atom stereocenters. The predicted molar refractivity (Wildman–Crippen MR) is 35.3 cm³/mol. The third-order valence-electron chi connectivity index (χ3n) is 2.57. The largest absolute Gasteiger partial charge is 0.381 e. The summed E-state index contributed by atoms with van der Waals surface area (Å²) in [6.45, 7) is 2.51. The molecule has 1 saturated heterocycles. The SMILES string of the molecule is COC1C2CN(C)CC21. The molecule has 0 bridgehead atoms. The summed E-state index contributed by atoms with van der Waals surface area (Å²) in [4.78, 5) is 2.38. The van der Waals surface area contributed by atoms with Crippen LogP contribution in [-0.4, -0.2) is 38.3 Å². The van der Waals surface area contributed by atoms with Crippen LogP contribution in [0.3, 0.4) is 0 Å². The fraction of sp³-hybridized carbons (Fsp3) is 1.00. The lowest BCUT2D eigenvalue weighted by molar-refractivity contribution is 0.136. The molecule has 1 aliphatic carbocycles. The summed E-state index contributed by atoms with van der Waals surface area (Å²) in [6.07, 6.45) is 0.612. The van der Waals surface area contributed by atoms with Crippen LogP contribution >= 0.6 is 0 Å². The molecule has 1 heterocycles. The van der Waals surface area contributed by atoms with Gasteiger partial charge >= 0.3 is 0 Å². The number of fused-ring (bicyclic) bond motifs is 1. The Morgan fingerprint density at radius 1 is 1.33 bits per heavy atom. The van der Waals surface area contributed by atoms with E-state index in [1.807, 2.05) is 7.11 Å². The maximum Gasteiger partial charge on any atom is 0.0660 e. The van der Waals surface area contributed by atoms with Crippen molar-refractivity contribution >= 4 is 0 Å². The summed E-state index contributed by atoms with van der Waals surface area (Å²) in [7, 11) is 4.00. The molecule has 2 heteroatoms. The summed E-state index contributed by atoms with van der Waals surface area (Å²) in [5, 5.41) is 0. The van der Waals surface area contributed by atoms with E-state index in [9.17, 15) is 0 Å². The number of piperidine rings is 1. The van der Waals surface area contributed by atoms with Crippen LogP contribution in [0.25, 0.3) is 0 Å². The van der Waals surface area contributed by atoms with Crippen LogP contribution < -0.4 is 0 Å². The normalized spacial score (nSPS) is 49.3. The molecule has 2 aliphatic rings. The molecule has 0 radical (unpaired) electrons.